The van der Waals surface area contributed by atoms with E-state index in [9.17, 15) is 14.7 Å². The molecular formula is C9H15N2O3S-. The second-order valence-corrected chi connectivity index (χ2v) is 3.78. The number of thioether (sulfide) groups is 1. The maximum Gasteiger partial charge on any atom is 0.315 e. The molecule has 0 unspecified atom stereocenters. The van der Waals surface area contributed by atoms with Crippen molar-refractivity contribution in [2.45, 2.75) is 12.5 Å². The molecular weight excluding hydrogens is 216 g/mol. The molecule has 0 radical (unpaired) electrons. The fourth-order valence-corrected chi connectivity index (χ4v) is 1.33. The van der Waals surface area contributed by atoms with Crippen LogP contribution in [-0.4, -0.2) is 36.6 Å². The number of carboxylic acid groups (broad SMARTS) is 1. The van der Waals surface area contributed by atoms with E-state index in [4.69, 9.17) is 0 Å². The Balaban J connectivity index is 3.98. The number of amides is 2. The molecule has 0 rings (SSSR count). The fourth-order valence-electron chi connectivity index (χ4n) is 0.859. The number of urea groups is 1. The molecule has 0 aliphatic rings. The molecule has 15 heavy (non-hydrogen) atoms. The topological polar surface area (TPSA) is 81.3 Å². The number of carbonyl (C=O) groups excluding carboxylic acids is 2. The maximum absolute atomic E-state index is 11.1. The van der Waals surface area contributed by atoms with Crippen molar-refractivity contribution in [3.8, 4) is 0 Å². The van der Waals surface area contributed by atoms with Gasteiger partial charge in [-0.2, -0.15) is 11.8 Å². The van der Waals surface area contributed by atoms with Gasteiger partial charge in [0.2, 0.25) is 0 Å². The highest BCUT2D eigenvalue weighted by molar-refractivity contribution is 7.98. The quantitative estimate of drug-likeness (QED) is 0.570. The van der Waals surface area contributed by atoms with Crippen LogP contribution in [0, 0.1) is 0 Å². The summed E-state index contributed by atoms with van der Waals surface area (Å²) in [6.45, 7) is 3.72. The smallest absolute Gasteiger partial charge is 0.315 e. The molecule has 6 heteroatoms. The van der Waals surface area contributed by atoms with Gasteiger partial charge < -0.3 is 20.5 Å². The van der Waals surface area contributed by atoms with E-state index >= 15 is 0 Å². The highest BCUT2D eigenvalue weighted by atomic mass is 32.2. The summed E-state index contributed by atoms with van der Waals surface area (Å²) in [5, 5.41) is 15.4. The molecule has 86 valence electrons. The molecule has 0 bridgehead atoms. The molecule has 0 saturated carbocycles. The molecule has 0 saturated heterocycles. The van der Waals surface area contributed by atoms with Crippen molar-refractivity contribution in [3.05, 3.63) is 12.7 Å². The molecule has 0 aromatic heterocycles. The third-order valence-corrected chi connectivity index (χ3v) is 2.25. The van der Waals surface area contributed by atoms with Crippen LogP contribution in [0.4, 0.5) is 4.79 Å². The Kier molecular flexibility index (Phi) is 7.53. The van der Waals surface area contributed by atoms with Crippen LogP contribution in [0.1, 0.15) is 6.42 Å². The molecule has 0 aliphatic heterocycles. The minimum absolute atomic E-state index is 0.300. The van der Waals surface area contributed by atoms with Gasteiger partial charge in [0.15, 0.2) is 0 Å². The summed E-state index contributed by atoms with van der Waals surface area (Å²) >= 11 is 1.51. The van der Waals surface area contributed by atoms with Gasteiger partial charge in [-0.05, 0) is 18.4 Å². The lowest BCUT2D eigenvalue weighted by Gasteiger charge is -2.19. The molecule has 0 aromatic carbocycles. The second-order valence-electron chi connectivity index (χ2n) is 2.80. The van der Waals surface area contributed by atoms with Crippen molar-refractivity contribution in [1.82, 2.24) is 10.6 Å². The third-order valence-electron chi connectivity index (χ3n) is 1.61. The molecule has 0 spiro atoms. The monoisotopic (exact) mass is 231 g/mol. The minimum atomic E-state index is -1.27. The average Bonchev–Trinajstić information content (AvgIpc) is 2.20. The van der Waals surface area contributed by atoms with E-state index in [-0.39, 0.29) is 0 Å². The molecule has 0 heterocycles. The summed E-state index contributed by atoms with van der Waals surface area (Å²) in [6, 6.07) is -1.47. The number of hydrogen-bond donors (Lipinski definition) is 2. The number of carbonyl (C=O) groups is 2. The summed E-state index contributed by atoms with van der Waals surface area (Å²) in [6.07, 6.45) is 3.73. The Hall–Kier alpha value is -1.17. The first-order chi connectivity index (χ1) is 7.11. The normalized spacial score (nSPS) is 11.5. The van der Waals surface area contributed by atoms with Crippen LogP contribution in [0.5, 0.6) is 0 Å². The number of carboxylic acids is 1. The fraction of sp³-hybridized carbons (Fsp3) is 0.556. The van der Waals surface area contributed by atoms with E-state index in [2.05, 4.69) is 17.2 Å². The summed E-state index contributed by atoms with van der Waals surface area (Å²) in [5.41, 5.74) is 0. The molecule has 1 atom stereocenters. The standard InChI is InChI=1S/C9H16N2O3S/c1-3-5-10-9(14)11-7(8(12)13)4-6-15-2/h3,7H,1,4-6H2,2H3,(H,12,13)(H2,10,11,14)/p-1/t7-/m0/s1. The van der Waals surface area contributed by atoms with Crippen LogP contribution < -0.4 is 15.7 Å². The number of rotatable bonds is 7. The van der Waals surface area contributed by atoms with Gasteiger partial charge in [-0.15, -0.1) is 6.58 Å². The van der Waals surface area contributed by atoms with Gasteiger partial charge in [0, 0.05) is 6.54 Å². The zero-order valence-electron chi connectivity index (χ0n) is 8.62. The van der Waals surface area contributed by atoms with Gasteiger partial charge in [0.05, 0.1) is 12.0 Å². The Morgan fingerprint density at radius 1 is 1.60 bits per heavy atom. The first-order valence-electron chi connectivity index (χ1n) is 4.46. The molecule has 5 nitrogen and oxygen atoms in total. The lowest BCUT2D eigenvalue weighted by atomic mass is 10.2. The summed E-state index contributed by atoms with van der Waals surface area (Å²) in [4.78, 5) is 21.7. The van der Waals surface area contributed by atoms with Crippen LogP contribution in [0.2, 0.25) is 0 Å². The first kappa shape index (κ1) is 13.8. The number of nitrogens with one attached hydrogen (secondary N) is 2. The zero-order valence-corrected chi connectivity index (χ0v) is 9.43. The summed E-state index contributed by atoms with van der Waals surface area (Å²) < 4.78 is 0. The Morgan fingerprint density at radius 3 is 2.73 bits per heavy atom. The van der Waals surface area contributed by atoms with Crippen molar-refractivity contribution in [1.29, 1.82) is 0 Å². The van der Waals surface area contributed by atoms with Crippen LogP contribution in [0.15, 0.2) is 12.7 Å². The Morgan fingerprint density at radius 2 is 2.27 bits per heavy atom. The second kappa shape index (κ2) is 8.16. The van der Waals surface area contributed by atoms with E-state index in [0.29, 0.717) is 18.7 Å². The Labute approximate surface area is 93.3 Å². The van der Waals surface area contributed by atoms with E-state index in [0.717, 1.165) is 0 Å². The number of hydrogen-bond acceptors (Lipinski definition) is 4. The van der Waals surface area contributed by atoms with Crippen molar-refractivity contribution in [2.24, 2.45) is 0 Å². The van der Waals surface area contributed by atoms with E-state index in [1.165, 1.54) is 17.8 Å². The van der Waals surface area contributed by atoms with Gasteiger partial charge in [0.25, 0.3) is 0 Å². The van der Waals surface area contributed by atoms with E-state index in [1.54, 1.807) is 0 Å². The lowest BCUT2D eigenvalue weighted by molar-refractivity contribution is -0.308. The largest absolute Gasteiger partial charge is 0.548 e. The van der Waals surface area contributed by atoms with Gasteiger partial charge in [-0.1, -0.05) is 6.08 Å². The third kappa shape index (κ3) is 6.84. The number of aliphatic carboxylic acids is 1. The SMILES string of the molecule is C=CCNC(=O)N[C@@H](CCSC)C(=O)[O-]. The van der Waals surface area contributed by atoms with Crippen molar-refractivity contribution < 1.29 is 14.7 Å². The maximum atomic E-state index is 11.1. The molecule has 0 aromatic rings. The van der Waals surface area contributed by atoms with E-state index in [1.807, 2.05) is 6.26 Å². The van der Waals surface area contributed by atoms with E-state index < -0.39 is 18.0 Å². The van der Waals surface area contributed by atoms with Gasteiger partial charge >= 0.3 is 6.03 Å². The summed E-state index contributed by atoms with van der Waals surface area (Å²) in [5.74, 6) is -0.613. The molecule has 2 amide bonds. The summed E-state index contributed by atoms with van der Waals surface area (Å²) in [7, 11) is 0. The highest BCUT2D eigenvalue weighted by Gasteiger charge is 2.11. The predicted octanol–water partition coefficient (Wildman–Crippen LogP) is -0.657. The average molecular weight is 231 g/mol. The minimum Gasteiger partial charge on any atom is -0.548 e. The molecule has 0 fully saturated rings. The van der Waals surface area contributed by atoms with Gasteiger partial charge in [-0.25, -0.2) is 4.79 Å². The van der Waals surface area contributed by atoms with Crippen molar-refractivity contribution in [3.63, 3.8) is 0 Å². The van der Waals surface area contributed by atoms with Crippen molar-refractivity contribution in [2.75, 3.05) is 18.6 Å². The molecule has 2 N–H and O–H groups in total. The van der Waals surface area contributed by atoms with Gasteiger partial charge in [0.1, 0.15) is 0 Å². The zero-order chi connectivity index (χ0) is 11.7. The predicted molar refractivity (Wildman–Crippen MR) is 58.5 cm³/mol. The van der Waals surface area contributed by atoms with Gasteiger partial charge in [-0.3, -0.25) is 0 Å². The molecule has 0 aliphatic carbocycles. The Bertz CT molecular complexity index is 233. The van der Waals surface area contributed by atoms with Crippen LogP contribution in [0.3, 0.4) is 0 Å². The van der Waals surface area contributed by atoms with Crippen LogP contribution >= 0.6 is 11.8 Å². The van der Waals surface area contributed by atoms with Crippen LogP contribution in [-0.2, 0) is 4.79 Å². The first-order valence-corrected chi connectivity index (χ1v) is 5.86. The highest BCUT2D eigenvalue weighted by Crippen LogP contribution is 1.99. The lowest BCUT2D eigenvalue weighted by Crippen LogP contribution is -2.51. The van der Waals surface area contributed by atoms with Crippen molar-refractivity contribution >= 4 is 23.8 Å². The van der Waals surface area contributed by atoms with Crippen LogP contribution in [0.25, 0.3) is 0 Å².